The van der Waals surface area contributed by atoms with Crippen molar-refractivity contribution in [2.24, 2.45) is 17.6 Å². The summed E-state index contributed by atoms with van der Waals surface area (Å²) in [6, 6.07) is 7.61. The van der Waals surface area contributed by atoms with Crippen LogP contribution in [0, 0.1) is 18.8 Å². The number of rotatable bonds is 4. The number of piperidine rings is 1. The molecule has 4 aromatic rings. The molecule has 0 bridgehead atoms. The number of nitrogens with one attached hydrogen (secondary N) is 1. The predicted octanol–water partition coefficient (Wildman–Crippen LogP) is 3.32. The Balaban J connectivity index is 1.28. The maximum Gasteiger partial charge on any atom is 0.202 e. The van der Waals surface area contributed by atoms with Gasteiger partial charge in [0.05, 0.1) is 23.0 Å². The van der Waals surface area contributed by atoms with Crippen LogP contribution in [0.3, 0.4) is 0 Å². The van der Waals surface area contributed by atoms with Crippen LogP contribution in [0.5, 0.6) is 0 Å². The SMILES string of the molecule is Cc1coc(C2(CN)C3CCN(c4cnc5c(-c6cccc(Cl)c6)[nH]nc5n4)CC32)n1. The van der Waals surface area contributed by atoms with E-state index in [9.17, 15) is 0 Å². The second-order valence-corrected chi connectivity index (χ2v) is 8.93. The third kappa shape index (κ3) is 2.78. The van der Waals surface area contributed by atoms with Crippen molar-refractivity contribution in [3.8, 4) is 11.3 Å². The van der Waals surface area contributed by atoms with Gasteiger partial charge in [-0.3, -0.25) is 5.10 Å². The molecule has 3 atom stereocenters. The Labute approximate surface area is 183 Å². The largest absolute Gasteiger partial charge is 0.448 e. The molecule has 1 saturated heterocycles. The number of anilines is 1. The summed E-state index contributed by atoms with van der Waals surface area (Å²) in [5.41, 5.74) is 10.0. The van der Waals surface area contributed by atoms with E-state index < -0.39 is 0 Å². The van der Waals surface area contributed by atoms with E-state index in [1.165, 1.54) is 0 Å². The average molecular weight is 436 g/mol. The molecule has 2 fully saturated rings. The van der Waals surface area contributed by atoms with Gasteiger partial charge in [-0.05, 0) is 37.3 Å². The molecule has 3 unspecified atom stereocenters. The van der Waals surface area contributed by atoms with Gasteiger partial charge in [0.25, 0.3) is 0 Å². The van der Waals surface area contributed by atoms with E-state index in [4.69, 9.17) is 26.7 Å². The van der Waals surface area contributed by atoms with E-state index in [2.05, 4.69) is 25.1 Å². The highest BCUT2D eigenvalue weighted by atomic mass is 35.5. The normalized spacial score (nSPS) is 25.1. The fraction of sp³-hybridized carbons (Fsp3) is 0.364. The first-order valence-corrected chi connectivity index (χ1v) is 10.8. The zero-order chi connectivity index (χ0) is 21.2. The lowest BCUT2D eigenvalue weighted by Gasteiger charge is -2.26. The molecule has 9 heteroatoms. The molecular formula is C22H22ClN7O. The van der Waals surface area contributed by atoms with E-state index in [1.807, 2.05) is 37.4 Å². The molecule has 8 nitrogen and oxygen atoms in total. The minimum atomic E-state index is -0.160. The quantitative estimate of drug-likeness (QED) is 0.506. The first-order chi connectivity index (χ1) is 15.1. The maximum absolute atomic E-state index is 6.23. The molecule has 0 spiro atoms. The number of halogens is 1. The second kappa shape index (κ2) is 6.77. The van der Waals surface area contributed by atoms with Gasteiger partial charge in [0.15, 0.2) is 0 Å². The molecule has 2 aliphatic rings. The summed E-state index contributed by atoms with van der Waals surface area (Å²) >= 11 is 6.14. The Bertz CT molecular complexity index is 1280. The van der Waals surface area contributed by atoms with Crippen molar-refractivity contribution in [3.63, 3.8) is 0 Å². The van der Waals surface area contributed by atoms with Crippen molar-refractivity contribution in [2.75, 3.05) is 24.5 Å². The summed E-state index contributed by atoms with van der Waals surface area (Å²) in [6.45, 7) is 4.24. The number of aryl methyl sites for hydroxylation is 1. The molecule has 0 radical (unpaired) electrons. The van der Waals surface area contributed by atoms with Gasteiger partial charge in [-0.25, -0.2) is 15.0 Å². The molecule has 1 aromatic carbocycles. The van der Waals surface area contributed by atoms with Crippen LogP contribution in [0.4, 0.5) is 5.82 Å². The summed E-state index contributed by atoms with van der Waals surface area (Å²) in [4.78, 5) is 16.3. The van der Waals surface area contributed by atoms with Crippen molar-refractivity contribution < 1.29 is 4.42 Å². The molecule has 3 N–H and O–H groups in total. The highest BCUT2D eigenvalue weighted by Gasteiger charge is 2.68. The minimum absolute atomic E-state index is 0.160. The standard InChI is InChI=1S/C22H22ClN7O/c1-12-10-31-21(26-12)22(11-24)15-5-6-30(9-16(15)22)17-8-25-19-18(28-29-20(19)27-17)13-3-2-4-14(23)7-13/h2-4,7-8,10,15-16H,5-6,9,11,24H2,1H3,(H,27,28,29). The molecule has 1 aliphatic heterocycles. The van der Waals surface area contributed by atoms with Crippen LogP contribution in [-0.2, 0) is 5.41 Å². The lowest BCUT2D eigenvalue weighted by atomic mass is 10.0. The third-order valence-electron chi connectivity index (χ3n) is 6.87. The Hall–Kier alpha value is -2.97. The number of nitrogens with zero attached hydrogens (tertiary/aromatic N) is 5. The smallest absolute Gasteiger partial charge is 0.202 e. The van der Waals surface area contributed by atoms with Gasteiger partial charge in [0.2, 0.25) is 11.5 Å². The van der Waals surface area contributed by atoms with Crippen LogP contribution in [0.25, 0.3) is 22.4 Å². The van der Waals surface area contributed by atoms with Crippen molar-refractivity contribution in [2.45, 2.75) is 18.8 Å². The number of nitrogens with two attached hydrogens (primary N) is 1. The number of aromatic amines is 1. The molecule has 4 heterocycles. The number of benzene rings is 1. The lowest BCUT2D eigenvalue weighted by Crippen LogP contribution is -2.32. The Morgan fingerprint density at radius 1 is 1.32 bits per heavy atom. The number of aromatic nitrogens is 5. The van der Waals surface area contributed by atoms with Crippen LogP contribution < -0.4 is 10.6 Å². The molecule has 3 aromatic heterocycles. The van der Waals surface area contributed by atoms with Gasteiger partial charge in [-0.2, -0.15) is 5.10 Å². The van der Waals surface area contributed by atoms with E-state index in [1.54, 1.807) is 6.26 Å². The van der Waals surface area contributed by atoms with Gasteiger partial charge in [-0.1, -0.05) is 23.7 Å². The monoisotopic (exact) mass is 435 g/mol. The fourth-order valence-corrected chi connectivity index (χ4v) is 5.43. The van der Waals surface area contributed by atoms with Crippen molar-refractivity contribution in [1.29, 1.82) is 0 Å². The molecular weight excluding hydrogens is 414 g/mol. The van der Waals surface area contributed by atoms with Gasteiger partial charge in [-0.15, -0.1) is 0 Å². The van der Waals surface area contributed by atoms with Crippen molar-refractivity contribution >= 4 is 28.6 Å². The summed E-state index contributed by atoms with van der Waals surface area (Å²) in [5, 5.41) is 8.12. The van der Waals surface area contributed by atoms with E-state index in [0.717, 1.165) is 53.7 Å². The van der Waals surface area contributed by atoms with E-state index in [0.29, 0.717) is 29.1 Å². The van der Waals surface area contributed by atoms with Crippen LogP contribution >= 0.6 is 11.6 Å². The van der Waals surface area contributed by atoms with Crippen LogP contribution in [-0.4, -0.2) is 44.8 Å². The summed E-state index contributed by atoms with van der Waals surface area (Å²) in [5.74, 6) is 2.52. The first kappa shape index (κ1) is 18.8. The number of hydrogen-bond donors (Lipinski definition) is 2. The van der Waals surface area contributed by atoms with Crippen LogP contribution in [0.15, 0.2) is 41.1 Å². The number of fused-ring (bicyclic) bond motifs is 2. The van der Waals surface area contributed by atoms with E-state index in [-0.39, 0.29) is 5.41 Å². The average Bonchev–Trinajstić information content (AvgIpc) is 3.05. The van der Waals surface area contributed by atoms with Crippen LogP contribution in [0.1, 0.15) is 18.0 Å². The van der Waals surface area contributed by atoms with Gasteiger partial charge < -0.3 is 15.1 Å². The zero-order valence-electron chi connectivity index (χ0n) is 17.0. The van der Waals surface area contributed by atoms with Crippen LogP contribution in [0.2, 0.25) is 5.02 Å². The number of hydrogen-bond acceptors (Lipinski definition) is 7. The van der Waals surface area contributed by atoms with Gasteiger partial charge >= 0.3 is 0 Å². The predicted molar refractivity (Wildman–Crippen MR) is 118 cm³/mol. The zero-order valence-corrected chi connectivity index (χ0v) is 17.8. The highest BCUT2D eigenvalue weighted by molar-refractivity contribution is 6.30. The van der Waals surface area contributed by atoms with Gasteiger partial charge in [0, 0.05) is 30.2 Å². The van der Waals surface area contributed by atoms with E-state index >= 15 is 0 Å². The topological polar surface area (TPSA) is 110 Å². The minimum Gasteiger partial charge on any atom is -0.448 e. The Morgan fingerprint density at radius 3 is 3.00 bits per heavy atom. The van der Waals surface area contributed by atoms with Crippen molar-refractivity contribution in [1.82, 2.24) is 25.1 Å². The maximum atomic E-state index is 6.23. The molecule has 0 amide bonds. The second-order valence-electron chi connectivity index (χ2n) is 8.50. The summed E-state index contributed by atoms with van der Waals surface area (Å²) in [7, 11) is 0. The number of oxazole rings is 1. The third-order valence-corrected chi connectivity index (χ3v) is 7.11. The molecule has 158 valence electrons. The molecule has 6 rings (SSSR count). The van der Waals surface area contributed by atoms with Gasteiger partial charge in [0.1, 0.15) is 17.6 Å². The molecule has 1 saturated carbocycles. The lowest BCUT2D eigenvalue weighted by molar-refractivity contribution is 0.409. The number of H-pyrrole nitrogens is 1. The molecule has 1 aliphatic carbocycles. The molecule has 31 heavy (non-hydrogen) atoms. The Morgan fingerprint density at radius 2 is 2.23 bits per heavy atom. The first-order valence-electron chi connectivity index (χ1n) is 10.4. The van der Waals surface area contributed by atoms with Crippen molar-refractivity contribution in [3.05, 3.63) is 53.3 Å². The highest BCUT2D eigenvalue weighted by Crippen LogP contribution is 2.62. The summed E-state index contributed by atoms with van der Waals surface area (Å²) in [6.07, 6.45) is 4.56. The summed E-state index contributed by atoms with van der Waals surface area (Å²) < 4.78 is 5.77. The Kier molecular flexibility index (Phi) is 4.10. The fourth-order valence-electron chi connectivity index (χ4n) is 5.24.